The molecule has 42 heavy (non-hydrogen) atoms. The first kappa shape index (κ1) is 27.4. The lowest BCUT2D eigenvalue weighted by Gasteiger charge is -2.20. The van der Waals surface area contributed by atoms with Crippen molar-refractivity contribution in [2.24, 2.45) is 0 Å². The number of aromatic nitrogens is 1. The maximum atomic E-state index is 14.1. The van der Waals surface area contributed by atoms with Gasteiger partial charge in [0.2, 0.25) is 0 Å². The summed E-state index contributed by atoms with van der Waals surface area (Å²) in [5.74, 6) is -2.14. The molecule has 0 spiro atoms. The first-order valence-corrected chi connectivity index (χ1v) is 14.0. The highest BCUT2D eigenvalue weighted by molar-refractivity contribution is 5.92. The molecule has 2 nitrogen and oxygen atoms in total. The molecule has 1 atom stereocenters. The zero-order valence-electron chi connectivity index (χ0n) is 22.9. The fourth-order valence-electron chi connectivity index (χ4n) is 5.83. The second kappa shape index (κ2) is 12.0. The Labute approximate surface area is 243 Å². The smallest absolute Gasteiger partial charge is 0.137 e. The zero-order chi connectivity index (χ0) is 29.1. The van der Waals surface area contributed by atoms with Gasteiger partial charge in [-0.15, -0.1) is 0 Å². The molecule has 0 bridgehead atoms. The number of pyridine rings is 1. The number of allylic oxidation sites excluding steroid dienone is 2. The van der Waals surface area contributed by atoms with Crippen molar-refractivity contribution < 1.29 is 18.0 Å². The van der Waals surface area contributed by atoms with Gasteiger partial charge in [0.05, 0.1) is 5.69 Å². The van der Waals surface area contributed by atoms with Gasteiger partial charge in [0.1, 0.15) is 23.2 Å². The van der Waals surface area contributed by atoms with E-state index in [2.05, 4.69) is 12.1 Å². The SMILES string of the molecule is O=C(CC1=CCc2ccc(F)cc21)C[C@@H](Cc1cc(F)cc(F)c1)c1ncccc1-c1ccc(-c2ccccc2)cc1. The number of nitrogens with zero attached hydrogens (tertiary/aromatic N) is 1. The molecule has 208 valence electrons. The first-order chi connectivity index (χ1) is 20.4. The zero-order valence-corrected chi connectivity index (χ0v) is 22.9. The molecule has 0 N–H and O–H groups in total. The normalized spacial score (nSPS) is 13.0. The second-order valence-corrected chi connectivity index (χ2v) is 10.7. The lowest BCUT2D eigenvalue weighted by Crippen LogP contribution is -2.13. The van der Waals surface area contributed by atoms with E-state index in [-0.39, 0.29) is 30.9 Å². The number of halogens is 3. The Bertz CT molecular complexity index is 1760. The molecule has 0 fully saturated rings. The van der Waals surface area contributed by atoms with E-state index in [1.54, 1.807) is 12.3 Å². The minimum absolute atomic E-state index is 0.0451. The standard InChI is InChI=1S/C37H28F3NO/c38-31-15-14-28-12-13-29(36(28)23-31)20-34(42)21-30(17-24-18-32(39)22-33(40)19-24)37-35(7-4-16-41-37)27-10-8-26(9-11-27)25-5-2-1-3-6-25/h1-11,13-16,18-19,22-23,30H,12,17,20-21H2/t30-/m1/s1. The monoisotopic (exact) mass is 559 g/mol. The number of carbonyl (C=O) groups excluding carboxylic acids is 1. The molecule has 4 aromatic carbocycles. The maximum Gasteiger partial charge on any atom is 0.137 e. The molecule has 6 rings (SSSR count). The number of Topliss-reactive ketones (excluding diaryl/α,β-unsaturated/α-hetero) is 1. The van der Waals surface area contributed by atoms with Gasteiger partial charge in [-0.2, -0.15) is 0 Å². The molecular weight excluding hydrogens is 531 g/mol. The van der Waals surface area contributed by atoms with Crippen LogP contribution in [0.5, 0.6) is 0 Å². The van der Waals surface area contributed by atoms with Crippen molar-refractivity contribution in [3.8, 4) is 22.3 Å². The molecule has 1 aromatic heterocycles. The number of hydrogen-bond acceptors (Lipinski definition) is 2. The van der Waals surface area contributed by atoms with Crippen LogP contribution in [0.25, 0.3) is 27.8 Å². The molecule has 0 saturated heterocycles. The van der Waals surface area contributed by atoms with Gasteiger partial charge < -0.3 is 0 Å². The summed E-state index contributed by atoms with van der Waals surface area (Å²) in [6, 6.07) is 30.1. The molecule has 0 aliphatic heterocycles. The summed E-state index contributed by atoms with van der Waals surface area (Å²) < 4.78 is 42.3. The van der Waals surface area contributed by atoms with E-state index in [4.69, 9.17) is 4.98 Å². The van der Waals surface area contributed by atoms with Crippen LogP contribution in [0, 0.1) is 17.5 Å². The Morgan fingerprint density at radius 2 is 1.43 bits per heavy atom. The van der Waals surface area contributed by atoms with Gasteiger partial charge in [-0.1, -0.05) is 72.8 Å². The minimum atomic E-state index is -0.664. The van der Waals surface area contributed by atoms with Crippen LogP contribution in [0.4, 0.5) is 13.2 Å². The van der Waals surface area contributed by atoms with Crippen LogP contribution in [0.1, 0.15) is 41.1 Å². The summed E-state index contributed by atoms with van der Waals surface area (Å²) in [6.45, 7) is 0. The van der Waals surface area contributed by atoms with E-state index in [9.17, 15) is 18.0 Å². The van der Waals surface area contributed by atoms with E-state index < -0.39 is 17.6 Å². The highest BCUT2D eigenvalue weighted by atomic mass is 19.1. The van der Waals surface area contributed by atoms with Crippen LogP contribution in [-0.2, 0) is 17.6 Å². The van der Waals surface area contributed by atoms with Crippen molar-refractivity contribution >= 4 is 11.4 Å². The van der Waals surface area contributed by atoms with Gasteiger partial charge in [-0.3, -0.25) is 9.78 Å². The third kappa shape index (κ3) is 6.10. The fourth-order valence-corrected chi connectivity index (χ4v) is 5.83. The van der Waals surface area contributed by atoms with E-state index in [1.807, 2.05) is 60.7 Å². The molecule has 1 heterocycles. The Morgan fingerprint density at radius 3 is 2.19 bits per heavy atom. The van der Waals surface area contributed by atoms with Crippen LogP contribution in [0.3, 0.4) is 0 Å². The number of carbonyl (C=O) groups is 1. The molecule has 0 unspecified atom stereocenters. The Morgan fingerprint density at radius 1 is 0.714 bits per heavy atom. The van der Waals surface area contributed by atoms with Crippen molar-refractivity contribution in [3.05, 3.63) is 155 Å². The molecule has 1 aliphatic carbocycles. The third-order valence-corrected chi connectivity index (χ3v) is 7.78. The predicted octanol–water partition coefficient (Wildman–Crippen LogP) is 9.15. The number of hydrogen-bond donors (Lipinski definition) is 0. The maximum absolute atomic E-state index is 14.1. The van der Waals surface area contributed by atoms with Gasteiger partial charge in [-0.05, 0) is 82.1 Å². The number of benzene rings is 4. The Balaban J connectivity index is 1.32. The van der Waals surface area contributed by atoms with Crippen LogP contribution in [0.15, 0.2) is 115 Å². The molecule has 5 aromatic rings. The van der Waals surface area contributed by atoms with Gasteiger partial charge in [0.15, 0.2) is 0 Å². The van der Waals surface area contributed by atoms with Crippen LogP contribution >= 0.6 is 0 Å². The van der Waals surface area contributed by atoms with Crippen molar-refractivity contribution in [2.75, 3.05) is 0 Å². The lowest BCUT2D eigenvalue weighted by atomic mass is 9.85. The van der Waals surface area contributed by atoms with Crippen molar-refractivity contribution in [1.82, 2.24) is 4.98 Å². The molecule has 0 radical (unpaired) electrons. The van der Waals surface area contributed by atoms with Crippen molar-refractivity contribution in [1.29, 1.82) is 0 Å². The Hall–Kier alpha value is -4.77. The quantitative estimate of drug-likeness (QED) is 0.180. The molecule has 1 aliphatic rings. The van der Waals surface area contributed by atoms with Crippen molar-refractivity contribution in [2.45, 2.75) is 31.6 Å². The molecule has 0 amide bonds. The van der Waals surface area contributed by atoms with E-state index in [0.717, 1.165) is 45.0 Å². The van der Waals surface area contributed by atoms with E-state index in [1.165, 1.54) is 24.3 Å². The summed E-state index contributed by atoms with van der Waals surface area (Å²) in [7, 11) is 0. The molecule has 0 saturated carbocycles. The summed E-state index contributed by atoms with van der Waals surface area (Å²) in [5, 5.41) is 0. The van der Waals surface area contributed by atoms with Gasteiger partial charge in [0, 0.05) is 36.6 Å². The van der Waals surface area contributed by atoms with Crippen LogP contribution < -0.4 is 0 Å². The predicted molar refractivity (Wildman–Crippen MR) is 160 cm³/mol. The summed E-state index contributed by atoms with van der Waals surface area (Å²) in [6.07, 6.45) is 4.81. The first-order valence-electron chi connectivity index (χ1n) is 14.0. The topological polar surface area (TPSA) is 30.0 Å². The molecule has 5 heteroatoms. The largest absolute Gasteiger partial charge is 0.299 e. The van der Waals surface area contributed by atoms with Crippen LogP contribution in [-0.4, -0.2) is 10.8 Å². The summed E-state index contributed by atoms with van der Waals surface area (Å²) in [4.78, 5) is 18.2. The van der Waals surface area contributed by atoms with E-state index in [0.29, 0.717) is 17.7 Å². The second-order valence-electron chi connectivity index (χ2n) is 10.7. The highest BCUT2D eigenvalue weighted by Crippen LogP contribution is 2.36. The average molecular weight is 560 g/mol. The summed E-state index contributed by atoms with van der Waals surface area (Å²) in [5.41, 5.74) is 7.69. The minimum Gasteiger partial charge on any atom is -0.299 e. The van der Waals surface area contributed by atoms with E-state index >= 15 is 0 Å². The number of fused-ring (bicyclic) bond motifs is 1. The third-order valence-electron chi connectivity index (χ3n) is 7.78. The fraction of sp³-hybridized carbons (Fsp3) is 0.135. The molecular formula is C37H28F3NO. The van der Waals surface area contributed by atoms with Gasteiger partial charge >= 0.3 is 0 Å². The van der Waals surface area contributed by atoms with Gasteiger partial charge in [-0.25, -0.2) is 13.2 Å². The van der Waals surface area contributed by atoms with Crippen LogP contribution in [0.2, 0.25) is 0 Å². The average Bonchev–Trinajstić information content (AvgIpc) is 3.38. The highest BCUT2D eigenvalue weighted by Gasteiger charge is 2.24. The van der Waals surface area contributed by atoms with Crippen molar-refractivity contribution in [3.63, 3.8) is 0 Å². The number of ketones is 1. The summed E-state index contributed by atoms with van der Waals surface area (Å²) >= 11 is 0. The number of rotatable bonds is 9. The lowest BCUT2D eigenvalue weighted by molar-refractivity contribution is -0.118. The van der Waals surface area contributed by atoms with Gasteiger partial charge in [0.25, 0.3) is 0 Å². The Kier molecular flexibility index (Phi) is 7.83.